The first-order valence-corrected chi connectivity index (χ1v) is 8.43. The average Bonchev–Trinajstić information content (AvgIpc) is 2.43. The summed E-state index contributed by atoms with van der Waals surface area (Å²) in [5, 5.41) is 4.16. The number of fused-ring (bicyclic) bond motifs is 1. The molecule has 0 saturated carbocycles. The van der Waals surface area contributed by atoms with Gasteiger partial charge in [-0.15, -0.1) is 11.8 Å². The van der Waals surface area contributed by atoms with Crippen molar-refractivity contribution in [2.45, 2.75) is 17.4 Å². The van der Waals surface area contributed by atoms with Gasteiger partial charge in [-0.25, -0.2) is 4.39 Å². The molecule has 1 unspecified atom stereocenters. The Morgan fingerprint density at radius 2 is 2.15 bits per heavy atom. The van der Waals surface area contributed by atoms with E-state index in [0.717, 1.165) is 32.8 Å². The zero-order valence-corrected chi connectivity index (χ0v) is 13.7. The van der Waals surface area contributed by atoms with Crippen LogP contribution in [0.3, 0.4) is 0 Å². The first-order chi connectivity index (χ1) is 9.65. The maximum atomic E-state index is 13.8. The summed E-state index contributed by atoms with van der Waals surface area (Å²) in [6.07, 6.45) is 0.968. The van der Waals surface area contributed by atoms with Crippen molar-refractivity contribution in [2.24, 2.45) is 0 Å². The van der Waals surface area contributed by atoms with Gasteiger partial charge in [-0.3, -0.25) is 0 Å². The van der Waals surface area contributed by atoms with E-state index in [1.807, 2.05) is 24.3 Å². The van der Waals surface area contributed by atoms with E-state index < -0.39 is 0 Å². The second-order valence-electron chi connectivity index (χ2n) is 4.62. The molecule has 0 aromatic heterocycles. The van der Waals surface area contributed by atoms with E-state index in [9.17, 15) is 4.39 Å². The van der Waals surface area contributed by atoms with Gasteiger partial charge in [0.15, 0.2) is 0 Å². The number of anilines is 1. The molecule has 3 rings (SSSR count). The fourth-order valence-corrected chi connectivity index (χ4v) is 4.27. The predicted octanol–water partition coefficient (Wildman–Crippen LogP) is 5.89. The van der Waals surface area contributed by atoms with Gasteiger partial charge in [-0.05, 0) is 52.2 Å². The Labute approximate surface area is 135 Å². The summed E-state index contributed by atoms with van der Waals surface area (Å²) in [6, 6.07) is 11.0. The minimum atomic E-state index is -0.130. The molecule has 2 aromatic rings. The van der Waals surface area contributed by atoms with E-state index in [-0.39, 0.29) is 11.9 Å². The molecular weight excluding hydrogens is 361 g/mol. The quantitative estimate of drug-likeness (QED) is 0.705. The molecule has 0 spiro atoms. The number of hydrogen-bond donors (Lipinski definition) is 1. The second kappa shape index (κ2) is 5.96. The van der Waals surface area contributed by atoms with E-state index in [4.69, 9.17) is 11.6 Å². The van der Waals surface area contributed by atoms with Crippen LogP contribution < -0.4 is 5.32 Å². The van der Waals surface area contributed by atoms with Crippen LogP contribution in [0.4, 0.5) is 10.1 Å². The highest BCUT2D eigenvalue weighted by atomic mass is 79.9. The first-order valence-electron chi connectivity index (χ1n) is 6.28. The van der Waals surface area contributed by atoms with Crippen LogP contribution in [0.1, 0.15) is 18.0 Å². The maximum absolute atomic E-state index is 13.8. The summed E-state index contributed by atoms with van der Waals surface area (Å²) < 4.78 is 14.8. The van der Waals surface area contributed by atoms with Crippen LogP contribution in [0.25, 0.3) is 0 Å². The van der Waals surface area contributed by atoms with Crippen molar-refractivity contribution in [3.63, 3.8) is 0 Å². The lowest BCUT2D eigenvalue weighted by Gasteiger charge is -2.27. The van der Waals surface area contributed by atoms with Crippen LogP contribution >= 0.6 is 39.3 Å². The molecule has 0 amide bonds. The molecular formula is C15H12BrClFNS. The van der Waals surface area contributed by atoms with Crippen LogP contribution in [-0.2, 0) is 0 Å². The highest BCUT2D eigenvalue weighted by molar-refractivity contribution is 9.10. The molecule has 104 valence electrons. The van der Waals surface area contributed by atoms with Crippen molar-refractivity contribution >= 4 is 45.0 Å². The monoisotopic (exact) mass is 371 g/mol. The van der Waals surface area contributed by atoms with Crippen molar-refractivity contribution in [2.75, 3.05) is 11.1 Å². The summed E-state index contributed by atoms with van der Waals surface area (Å²) in [4.78, 5) is 0.765. The molecule has 1 aliphatic rings. The van der Waals surface area contributed by atoms with E-state index >= 15 is 0 Å². The van der Waals surface area contributed by atoms with Crippen LogP contribution in [0.5, 0.6) is 0 Å². The van der Waals surface area contributed by atoms with Gasteiger partial charge < -0.3 is 5.32 Å². The highest BCUT2D eigenvalue weighted by Crippen LogP contribution is 2.40. The van der Waals surface area contributed by atoms with Crippen LogP contribution in [-0.4, -0.2) is 5.75 Å². The summed E-state index contributed by atoms with van der Waals surface area (Å²) in [6.45, 7) is 0. The Balaban J connectivity index is 1.91. The SMILES string of the molecule is Fc1cccc2c1SCCC2Nc1ccc(Cl)cc1Br. The third kappa shape index (κ3) is 2.83. The van der Waals surface area contributed by atoms with Gasteiger partial charge in [0, 0.05) is 25.8 Å². The molecule has 0 bridgehead atoms. The zero-order chi connectivity index (χ0) is 14.1. The third-order valence-electron chi connectivity index (χ3n) is 3.29. The number of halogens is 3. The molecule has 0 radical (unpaired) electrons. The second-order valence-corrected chi connectivity index (χ2v) is 7.01. The fraction of sp³-hybridized carbons (Fsp3) is 0.200. The lowest BCUT2D eigenvalue weighted by atomic mass is 10.0. The van der Waals surface area contributed by atoms with Crippen molar-refractivity contribution in [1.82, 2.24) is 0 Å². The molecule has 5 heteroatoms. The van der Waals surface area contributed by atoms with Gasteiger partial charge in [-0.2, -0.15) is 0 Å². The normalized spacial score (nSPS) is 17.6. The topological polar surface area (TPSA) is 12.0 Å². The van der Waals surface area contributed by atoms with Gasteiger partial charge in [0.25, 0.3) is 0 Å². The highest BCUT2D eigenvalue weighted by Gasteiger charge is 2.23. The molecule has 1 N–H and O–H groups in total. The van der Waals surface area contributed by atoms with E-state index in [1.165, 1.54) is 6.07 Å². The van der Waals surface area contributed by atoms with E-state index in [1.54, 1.807) is 17.8 Å². The number of benzene rings is 2. The minimum absolute atomic E-state index is 0.124. The van der Waals surface area contributed by atoms with E-state index in [2.05, 4.69) is 21.2 Å². The number of hydrogen-bond acceptors (Lipinski definition) is 2. The Hall–Kier alpha value is -0.710. The molecule has 2 aromatic carbocycles. The Morgan fingerprint density at radius 1 is 1.30 bits per heavy atom. The maximum Gasteiger partial charge on any atom is 0.137 e. The molecule has 1 nitrogen and oxygen atoms in total. The van der Waals surface area contributed by atoms with Crippen LogP contribution in [0.15, 0.2) is 45.8 Å². The Morgan fingerprint density at radius 3 is 2.95 bits per heavy atom. The molecule has 1 heterocycles. The predicted molar refractivity (Wildman–Crippen MR) is 87.3 cm³/mol. The summed E-state index contributed by atoms with van der Waals surface area (Å²) in [5.41, 5.74) is 2.00. The largest absolute Gasteiger partial charge is 0.377 e. The van der Waals surface area contributed by atoms with Crippen molar-refractivity contribution in [1.29, 1.82) is 0 Å². The number of thioether (sulfide) groups is 1. The Kier molecular flexibility index (Phi) is 4.24. The average molecular weight is 373 g/mol. The molecule has 0 fully saturated rings. The molecule has 20 heavy (non-hydrogen) atoms. The van der Waals surface area contributed by atoms with Gasteiger partial charge in [0.05, 0.1) is 6.04 Å². The smallest absolute Gasteiger partial charge is 0.137 e. The minimum Gasteiger partial charge on any atom is -0.377 e. The molecule has 0 aliphatic carbocycles. The molecule has 1 atom stereocenters. The van der Waals surface area contributed by atoms with E-state index in [0.29, 0.717) is 5.02 Å². The standard InChI is InChI=1S/C15H12BrClFNS/c16-11-8-9(17)4-5-14(11)19-13-6-7-20-15-10(13)2-1-3-12(15)18/h1-5,8,13,19H,6-7H2. The lowest BCUT2D eigenvalue weighted by molar-refractivity contribution is 0.585. The molecule has 1 aliphatic heterocycles. The number of nitrogens with one attached hydrogen (secondary N) is 1. The van der Waals surface area contributed by atoms with Gasteiger partial charge in [-0.1, -0.05) is 23.7 Å². The zero-order valence-electron chi connectivity index (χ0n) is 10.5. The summed E-state index contributed by atoms with van der Waals surface area (Å²) >= 11 is 11.0. The lowest BCUT2D eigenvalue weighted by Crippen LogP contribution is -2.17. The van der Waals surface area contributed by atoms with Crippen molar-refractivity contribution in [3.05, 3.63) is 57.3 Å². The van der Waals surface area contributed by atoms with Gasteiger partial charge in [0.2, 0.25) is 0 Å². The summed E-state index contributed by atoms with van der Waals surface area (Å²) in [5.74, 6) is 0.783. The van der Waals surface area contributed by atoms with Crippen LogP contribution in [0.2, 0.25) is 5.02 Å². The molecule has 0 saturated heterocycles. The van der Waals surface area contributed by atoms with Crippen molar-refractivity contribution < 1.29 is 4.39 Å². The summed E-state index contributed by atoms with van der Waals surface area (Å²) in [7, 11) is 0. The van der Waals surface area contributed by atoms with Gasteiger partial charge >= 0.3 is 0 Å². The van der Waals surface area contributed by atoms with Gasteiger partial charge in [0.1, 0.15) is 5.82 Å². The van der Waals surface area contributed by atoms with Crippen LogP contribution in [0, 0.1) is 5.82 Å². The van der Waals surface area contributed by atoms with Crippen molar-refractivity contribution in [3.8, 4) is 0 Å². The Bertz CT molecular complexity index is 650. The third-order valence-corrected chi connectivity index (χ3v) is 5.34. The first kappa shape index (κ1) is 14.2. The number of rotatable bonds is 2. The fourth-order valence-electron chi connectivity index (χ4n) is 2.33.